The van der Waals surface area contributed by atoms with Crippen LogP contribution in [-0.2, 0) is 11.3 Å². The van der Waals surface area contributed by atoms with Crippen LogP contribution in [0.3, 0.4) is 0 Å². The van der Waals surface area contributed by atoms with E-state index in [1.807, 2.05) is 55.5 Å². The summed E-state index contributed by atoms with van der Waals surface area (Å²) in [6.45, 7) is 7.14. The Kier molecular flexibility index (Phi) is 6.07. The maximum atomic E-state index is 10.6. The number of hydrogen-bond donors (Lipinski definition) is 1. The Hall–Kier alpha value is -2.17. The van der Waals surface area contributed by atoms with E-state index in [-0.39, 0.29) is 6.10 Å². The van der Waals surface area contributed by atoms with Gasteiger partial charge in [0.05, 0.1) is 36.4 Å². The van der Waals surface area contributed by atoms with Crippen molar-refractivity contribution in [2.75, 3.05) is 6.61 Å². The van der Waals surface area contributed by atoms with E-state index < -0.39 is 6.10 Å². The second-order valence-electron chi connectivity index (χ2n) is 6.92. The van der Waals surface area contributed by atoms with Gasteiger partial charge in [0, 0.05) is 5.92 Å². The second-order valence-corrected chi connectivity index (χ2v) is 6.92. The van der Waals surface area contributed by atoms with E-state index in [4.69, 9.17) is 9.72 Å². The zero-order valence-electron chi connectivity index (χ0n) is 15.8. The summed E-state index contributed by atoms with van der Waals surface area (Å²) in [7, 11) is 0. The minimum atomic E-state index is -0.582. The Labute approximate surface area is 155 Å². The molecule has 3 unspecified atom stereocenters. The first-order chi connectivity index (χ1) is 12.6. The van der Waals surface area contributed by atoms with E-state index in [2.05, 4.69) is 24.5 Å². The van der Waals surface area contributed by atoms with Crippen molar-refractivity contribution in [3.63, 3.8) is 0 Å². The molecule has 3 rings (SSSR count). The van der Waals surface area contributed by atoms with Crippen LogP contribution in [0.2, 0.25) is 0 Å². The van der Waals surface area contributed by atoms with Crippen LogP contribution in [0, 0.1) is 0 Å². The number of benzene rings is 2. The molecule has 26 heavy (non-hydrogen) atoms. The highest BCUT2D eigenvalue weighted by Gasteiger charge is 2.18. The molecule has 0 saturated carbocycles. The maximum absolute atomic E-state index is 10.6. The minimum absolute atomic E-state index is 0.0422. The van der Waals surface area contributed by atoms with Gasteiger partial charge in [-0.15, -0.1) is 0 Å². The number of rotatable bonds is 8. The van der Waals surface area contributed by atoms with Crippen molar-refractivity contribution in [2.24, 2.45) is 0 Å². The zero-order chi connectivity index (χ0) is 18.5. The third-order valence-electron chi connectivity index (χ3n) is 4.94. The van der Waals surface area contributed by atoms with Crippen LogP contribution in [-0.4, -0.2) is 27.4 Å². The highest BCUT2D eigenvalue weighted by Crippen LogP contribution is 2.24. The molecule has 0 saturated heterocycles. The summed E-state index contributed by atoms with van der Waals surface area (Å²) >= 11 is 0. The minimum Gasteiger partial charge on any atom is -0.389 e. The Morgan fingerprint density at radius 2 is 1.73 bits per heavy atom. The van der Waals surface area contributed by atoms with Gasteiger partial charge in [0.1, 0.15) is 5.82 Å². The largest absolute Gasteiger partial charge is 0.389 e. The monoisotopic (exact) mass is 352 g/mol. The van der Waals surface area contributed by atoms with Crippen molar-refractivity contribution in [2.45, 2.75) is 51.9 Å². The Morgan fingerprint density at radius 1 is 1.04 bits per heavy atom. The average molecular weight is 352 g/mol. The molecule has 1 aromatic heterocycles. The van der Waals surface area contributed by atoms with E-state index >= 15 is 0 Å². The number of para-hydroxylation sites is 2. The van der Waals surface area contributed by atoms with Crippen molar-refractivity contribution in [3.05, 3.63) is 66.0 Å². The van der Waals surface area contributed by atoms with Gasteiger partial charge in [0.15, 0.2) is 0 Å². The molecule has 1 N–H and O–H groups in total. The topological polar surface area (TPSA) is 47.3 Å². The Bertz CT molecular complexity index is 829. The number of aliphatic hydroxyl groups is 1. The van der Waals surface area contributed by atoms with E-state index in [1.54, 1.807) is 0 Å². The lowest BCUT2D eigenvalue weighted by molar-refractivity contribution is -0.00866. The summed E-state index contributed by atoms with van der Waals surface area (Å²) < 4.78 is 8.04. The highest BCUT2D eigenvalue weighted by molar-refractivity contribution is 5.76. The van der Waals surface area contributed by atoms with Crippen molar-refractivity contribution in [1.29, 1.82) is 0 Å². The van der Waals surface area contributed by atoms with E-state index in [0.29, 0.717) is 19.1 Å². The maximum Gasteiger partial charge on any atom is 0.112 e. The normalized spacial score (nSPS) is 15.1. The van der Waals surface area contributed by atoms with Crippen molar-refractivity contribution < 1.29 is 9.84 Å². The van der Waals surface area contributed by atoms with Crippen LogP contribution in [0.25, 0.3) is 11.0 Å². The number of aromatic nitrogens is 2. The predicted molar refractivity (Wildman–Crippen MR) is 105 cm³/mol. The summed E-state index contributed by atoms with van der Waals surface area (Å²) in [5.74, 6) is 1.38. The lowest BCUT2D eigenvalue weighted by atomic mass is 10.1. The molecular weight excluding hydrogens is 324 g/mol. The van der Waals surface area contributed by atoms with Gasteiger partial charge in [-0.25, -0.2) is 4.98 Å². The quantitative estimate of drug-likeness (QED) is 0.640. The second kappa shape index (κ2) is 8.47. The highest BCUT2D eigenvalue weighted by atomic mass is 16.5. The van der Waals surface area contributed by atoms with Gasteiger partial charge in [0.2, 0.25) is 0 Å². The van der Waals surface area contributed by atoms with Crippen LogP contribution in [0.5, 0.6) is 0 Å². The fourth-order valence-electron chi connectivity index (χ4n) is 3.18. The molecule has 0 aliphatic heterocycles. The van der Waals surface area contributed by atoms with E-state index in [9.17, 15) is 5.11 Å². The first-order valence-electron chi connectivity index (χ1n) is 9.40. The van der Waals surface area contributed by atoms with Gasteiger partial charge < -0.3 is 14.4 Å². The summed E-state index contributed by atoms with van der Waals surface area (Å²) in [5, 5.41) is 10.6. The summed E-state index contributed by atoms with van der Waals surface area (Å²) in [6, 6.07) is 18.2. The molecule has 0 aliphatic carbocycles. The van der Waals surface area contributed by atoms with E-state index in [0.717, 1.165) is 28.8 Å². The SMILES string of the molecule is CCC(C)c1nc2ccccc2n1CC(O)COC(C)c1ccccc1. The summed E-state index contributed by atoms with van der Waals surface area (Å²) in [5.41, 5.74) is 3.17. The van der Waals surface area contributed by atoms with Crippen molar-refractivity contribution >= 4 is 11.0 Å². The summed E-state index contributed by atoms with van der Waals surface area (Å²) in [6.07, 6.45) is 0.391. The molecule has 3 atom stereocenters. The molecule has 0 aliphatic rings. The predicted octanol–water partition coefficient (Wildman–Crippen LogP) is 4.69. The molecule has 0 radical (unpaired) electrons. The average Bonchev–Trinajstić information content (AvgIpc) is 3.04. The molecule has 3 aromatic rings. The van der Waals surface area contributed by atoms with Crippen LogP contribution >= 0.6 is 0 Å². The third kappa shape index (κ3) is 4.14. The van der Waals surface area contributed by atoms with Gasteiger partial charge in [-0.1, -0.05) is 56.3 Å². The first-order valence-corrected chi connectivity index (χ1v) is 9.40. The van der Waals surface area contributed by atoms with Gasteiger partial charge in [-0.3, -0.25) is 0 Å². The number of fused-ring (bicyclic) bond motifs is 1. The molecular formula is C22H28N2O2. The molecule has 4 nitrogen and oxygen atoms in total. The van der Waals surface area contributed by atoms with Gasteiger partial charge in [-0.05, 0) is 31.0 Å². The molecule has 4 heteroatoms. The van der Waals surface area contributed by atoms with Crippen LogP contribution in [0.4, 0.5) is 0 Å². The number of ether oxygens (including phenoxy) is 1. The fourth-order valence-corrected chi connectivity index (χ4v) is 3.18. The van der Waals surface area contributed by atoms with Crippen molar-refractivity contribution in [3.8, 4) is 0 Å². The molecule has 138 valence electrons. The van der Waals surface area contributed by atoms with Crippen molar-refractivity contribution in [1.82, 2.24) is 9.55 Å². The number of aliphatic hydroxyl groups excluding tert-OH is 1. The first kappa shape index (κ1) is 18.6. The molecule has 1 heterocycles. The van der Waals surface area contributed by atoms with Crippen LogP contribution < -0.4 is 0 Å². The van der Waals surface area contributed by atoms with Gasteiger partial charge in [0.25, 0.3) is 0 Å². The zero-order valence-corrected chi connectivity index (χ0v) is 15.8. The van der Waals surface area contributed by atoms with Gasteiger partial charge in [-0.2, -0.15) is 0 Å². The molecule has 0 amide bonds. The third-order valence-corrected chi connectivity index (χ3v) is 4.94. The van der Waals surface area contributed by atoms with Crippen LogP contribution in [0.15, 0.2) is 54.6 Å². The molecule has 2 aromatic carbocycles. The van der Waals surface area contributed by atoms with Crippen LogP contribution in [0.1, 0.15) is 50.6 Å². The standard InChI is InChI=1S/C22H28N2O2/c1-4-16(2)22-23-20-12-8-9-13-21(20)24(22)14-19(25)15-26-17(3)18-10-6-5-7-11-18/h5-13,16-17,19,25H,4,14-15H2,1-3H3. The molecule has 0 fully saturated rings. The fraction of sp³-hybridized carbons (Fsp3) is 0.409. The van der Waals surface area contributed by atoms with Gasteiger partial charge >= 0.3 is 0 Å². The number of hydrogen-bond acceptors (Lipinski definition) is 3. The van der Waals surface area contributed by atoms with E-state index in [1.165, 1.54) is 0 Å². The Balaban J connectivity index is 1.71. The lowest BCUT2D eigenvalue weighted by Crippen LogP contribution is -2.24. The lowest BCUT2D eigenvalue weighted by Gasteiger charge is -2.19. The molecule has 0 bridgehead atoms. The molecule has 0 spiro atoms. The smallest absolute Gasteiger partial charge is 0.112 e. The number of imidazole rings is 1. The Morgan fingerprint density at radius 3 is 2.46 bits per heavy atom. The number of nitrogens with zero attached hydrogens (tertiary/aromatic N) is 2. The summed E-state index contributed by atoms with van der Waals surface area (Å²) in [4.78, 5) is 4.79.